The first-order valence-corrected chi connectivity index (χ1v) is 7.10. The van der Waals surface area contributed by atoms with Crippen LogP contribution in [0.4, 0.5) is 11.6 Å². The van der Waals surface area contributed by atoms with Crippen LogP contribution in [0, 0.1) is 0 Å². The molecule has 0 aliphatic carbocycles. The molecule has 0 saturated carbocycles. The van der Waals surface area contributed by atoms with E-state index in [4.69, 9.17) is 9.47 Å². The number of fused-ring (bicyclic) bond motifs is 3. The average Bonchev–Trinajstić information content (AvgIpc) is 3.11. The van der Waals surface area contributed by atoms with Crippen molar-refractivity contribution >= 4 is 28.4 Å². The van der Waals surface area contributed by atoms with E-state index in [1.165, 1.54) is 0 Å². The Morgan fingerprint density at radius 1 is 0.957 bits per heavy atom. The molecule has 2 N–H and O–H groups in total. The fourth-order valence-electron chi connectivity index (χ4n) is 2.46. The molecule has 0 aliphatic heterocycles. The molecular weight excluding hydrogens is 294 g/mol. The highest BCUT2D eigenvalue weighted by atomic mass is 16.5. The molecule has 7 heteroatoms. The molecule has 0 atom stereocenters. The second-order valence-corrected chi connectivity index (χ2v) is 5.03. The van der Waals surface area contributed by atoms with Gasteiger partial charge in [0.15, 0.2) is 0 Å². The number of aromatic amines is 1. The number of ether oxygens (including phenoxy) is 2. The van der Waals surface area contributed by atoms with Crippen molar-refractivity contribution in [3.63, 3.8) is 0 Å². The van der Waals surface area contributed by atoms with Crippen molar-refractivity contribution in [2.45, 2.75) is 0 Å². The van der Waals surface area contributed by atoms with Gasteiger partial charge >= 0.3 is 0 Å². The van der Waals surface area contributed by atoms with Gasteiger partial charge in [-0.3, -0.25) is 5.10 Å². The highest BCUT2D eigenvalue weighted by molar-refractivity contribution is 5.81. The fourth-order valence-corrected chi connectivity index (χ4v) is 2.46. The number of hydrogen-bond donors (Lipinski definition) is 2. The largest absolute Gasteiger partial charge is 0.497 e. The molecule has 0 fully saturated rings. The summed E-state index contributed by atoms with van der Waals surface area (Å²) in [5.41, 5.74) is 2.68. The number of imidazole rings is 1. The Kier molecular flexibility index (Phi) is 3.04. The van der Waals surface area contributed by atoms with E-state index in [-0.39, 0.29) is 0 Å². The predicted molar refractivity (Wildman–Crippen MR) is 87.7 cm³/mol. The number of aromatic nitrogens is 4. The van der Waals surface area contributed by atoms with Crippen molar-refractivity contribution in [1.29, 1.82) is 0 Å². The molecule has 23 heavy (non-hydrogen) atoms. The SMILES string of the molecule is COc1ccc(Nc2nc3nc4cc(OC)ccc4n3[nH]2)cc1. The van der Waals surface area contributed by atoms with Crippen LogP contribution in [0.1, 0.15) is 0 Å². The van der Waals surface area contributed by atoms with Crippen LogP contribution >= 0.6 is 0 Å². The van der Waals surface area contributed by atoms with Crippen LogP contribution in [0.5, 0.6) is 11.5 Å². The lowest BCUT2D eigenvalue weighted by molar-refractivity contribution is 0.415. The van der Waals surface area contributed by atoms with E-state index in [2.05, 4.69) is 20.4 Å². The highest BCUT2D eigenvalue weighted by Crippen LogP contribution is 2.23. The molecule has 2 heterocycles. The molecule has 0 aliphatic rings. The summed E-state index contributed by atoms with van der Waals surface area (Å²) in [4.78, 5) is 8.95. The van der Waals surface area contributed by atoms with Gasteiger partial charge in [-0.05, 0) is 36.4 Å². The van der Waals surface area contributed by atoms with E-state index in [0.29, 0.717) is 11.7 Å². The maximum Gasteiger partial charge on any atom is 0.253 e. The van der Waals surface area contributed by atoms with E-state index in [0.717, 1.165) is 28.2 Å². The van der Waals surface area contributed by atoms with Gasteiger partial charge in [0.25, 0.3) is 5.78 Å². The van der Waals surface area contributed by atoms with Crippen LogP contribution in [0.3, 0.4) is 0 Å². The molecule has 0 saturated heterocycles. The standard InChI is InChI=1S/C16H15N5O2/c1-22-11-5-3-10(4-6-11)17-15-19-16-18-13-9-12(23-2)7-8-14(13)21(16)20-15/h3-9H,1-2H3,(H2,17,18,19,20). The number of nitrogens with one attached hydrogen (secondary N) is 2. The summed E-state index contributed by atoms with van der Waals surface area (Å²) in [7, 11) is 3.28. The predicted octanol–water partition coefficient (Wildman–Crippen LogP) is 2.97. The fraction of sp³-hybridized carbons (Fsp3) is 0.125. The van der Waals surface area contributed by atoms with E-state index < -0.39 is 0 Å². The minimum Gasteiger partial charge on any atom is -0.497 e. The Balaban J connectivity index is 1.68. The lowest BCUT2D eigenvalue weighted by Crippen LogP contribution is -1.94. The summed E-state index contributed by atoms with van der Waals surface area (Å²) in [6.45, 7) is 0. The topological polar surface area (TPSA) is 76.5 Å². The second kappa shape index (κ2) is 5.20. The first-order valence-electron chi connectivity index (χ1n) is 7.10. The Labute approximate surface area is 131 Å². The third-order valence-electron chi connectivity index (χ3n) is 3.63. The zero-order valence-electron chi connectivity index (χ0n) is 12.7. The number of methoxy groups -OCH3 is 2. The first-order chi connectivity index (χ1) is 11.3. The summed E-state index contributed by atoms with van der Waals surface area (Å²) in [6.07, 6.45) is 0. The lowest BCUT2D eigenvalue weighted by Gasteiger charge is -2.04. The van der Waals surface area contributed by atoms with Crippen LogP contribution in [-0.2, 0) is 0 Å². The summed E-state index contributed by atoms with van der Waals surface area (Å²) < 4.78 is 12.2. The van der Waals surface area contributed by atoms with Crippen LogP contribution in [0.15, 0.2) is 42.5 Å². The molecular formula is C16H15N5O2. The van der Waals surface area contributed by atoms with Gasteiger partial charge in [-0.2, -0.15) is 4.98 Å². The average molecular weight is 309 g/mol. The van der Waals surface area contributed by atoms with Gasteiger partial charge in [0.05, 0.1) is 25.3 Å². The second-order valence-electron chi connectivity index (χ2n) is 5.03. The molecule has 0 amide bonds. The minimum atomic E-state index is 0.601. The number of H-pyrrole nitrogens is 1. The Morgan fingerprint density at radius 3 is 2.43 bits per heavy atom. The van der Waals surface area contributed by atoms with Gasteiger partial charge in [0, 0.05) is 11.8 Å². The third-order valence-corrected chi connectivity index (χ3v) is 3.63. The monoisotopic (exact) mass is 309 g/mol. The van der Waals surface area contributed by atoms with Crippen molar-refractivity contribution in [2.75, 3.05) is 19.5 Å². The zero-order chi connectivity index (χ0) is 15.8. The summed E-state index contributed by atoms with van der Waals surface area (Å²) >= 11 is 0. The summed E-state index contributed by atoms with van der Waals surface area (Å²) in [6, 6.07) is 13.3. The quantitative estimate of drug-likeness (QED) is 0.606. The van der Waals surface area contributed by atoms with Gasteiger partial charge < -0.3 is 14.8 Å². The lowest BCUT2D eigenvalue weighted by atomic mass is 10.3. The number of anilines is 2. The molecule has 7 nitrogen and oxygen atoms in total. The number of hydrogen-bond acceptors (Lipinski definition) is 5. The van der Waals surface area contributed by atoms with Gasteiger partial charge in [0.1, 0.15) is 11.5 Å². The Morgan fingerprint density at radius 2 is 1.70 bits per heavy atom. The maximum absolute atomic E-state index is 5.21. The molecule has 4 aromatic rings. The molecule has 0 unspecified atom stereocenters. The van der Waals surface area contributed by atoms with Crippen molar-refractivity contribution in [3.05, 3.63) is 42.5 Å². The minimum absolute atomic E-state index is 0.601. The van der Waals surface area contributed by atoms with Crippen LogP contribution in [0.25, 0.3) is 16.8 Å². The Hall–Kier alpha value is -3.22. The van der Waals surface area contributed by atoms with E-state index in [1.54, 1.807) is 14.2 Å². The molecule has 0 bridgehead atoms. The van der Waals surface area contributed by atoms with Gasteiger partial charge in [0.2, 0.25) is 5.95 Å². The molecule has 116 valence electrons. The third kappa shape index (κ3) is 2.32. The van der Waals surface area contributed by atoms with Crippen molar-refractivity contribution in [3.8, 4) is 11.5 Å². The first kappa shape index (κ1) is 13.4. The van der Waals surface area contributed by atoms with Crippen molar-refractivity contribution in [1.82, 2.24) is 19.6 Å². The van der Waals surface area contributed by atoms with Gasteiger partial charge in [-0.1, -0.05) is 0 Å². The van der Waals surface area contributed by atoms with Crippen LogP contribution < -0.4 is 14.8 Å². The smallest absolute Gasteiger partial charge is 0.253 e. The van der Waals surface area contributed by atoms with Crippen molar-refractivity contribution < 1.29 is 9.47 Å². The molecule has 4 rings (SSSR count). The summed E-state index contributed by atoms with van der Waals surface area (Å²) in [5.74, 6) is 2.80. The van der Waals surface area contributed by atoms with Crippen LogP contribution in [-0.4, -0.2) is 33.8 Å². The van der Waals surface area contributed by atoms with E-state index in [1.807, 2.05) is 47.0 Å². The van der Waals surface area contributed by atoms with Crippen LogP contribution in [0.2, 0.25) is 0 Å². The van der Waals surface area contributed by atoms with E-state index in [9.17, 15) is 0 Å². The Bertz CT molecular complexity index is 971. The number of nitrogens with zero attached hydrogens (tertiary/aromatic N) is 3. The normalized spacial score (nSPS) is 11.0. The molecule has 0 spiro atoms. The van der Waals surface area contributed by atoms with Crippen molar-refractivity contribution in [2.24, 2.45) is 0 Å². The summed E-state index contributed by atoms with van der Waals surface area (Å²) in [5, 5.41) is 6.40. The van der Waals surface area contributed by atoms with Gasteiger partial charge in [-0.25, -0.2) is 9.50 Å². The molecule has 0 radical (unpaired) electrons. The number of rotatable bonds is 4. The molecule has 2 aromatic carbocycles. The molecule has 2 aromatic heterocycles. The maximum atomic E-state index is 5.21. The van der Waals surface area contributed by atoms with E-state index >= 15 is 0 Å². The highest BCUT2D eigenvalue weighted by Gasteiger charge is 2.10. The number of benzene rings is 2. The van der Waals surface area contributed by atoms with Gasteiger partial charge in [-0.15, -0.1) is 0 Å². The zero-order valence-corrected chi connectivity index (χ0v) is 12.7.